The number of thioether (sulfide) groups is 1. The monoisotopic (exact) mass is 346 g/mol. The molecule has 130 valence electrons. The number of phenolic OH excluding ortho intramolecular Hbond substituents is 1. The van der Waals surface area contributed by atoms with Gasteiger partial charge in [0.2, 0.25) is 0 Å². The van der Waals surface area contributed by atoms with Crippen molar-refractivity contribution in [3.8, 4) is 11.5 Å². The quantitative estimate of drug-likeness (QED) is 0.660. The van der Waals surface area contributed by atoms with Gasteiger partial charge in [-0.1, -0.05) is 17.7 Å². The molecule has 0 aliphatic heterocycles. The molecule has 4 heteroatoms. The van der Waals surface area contributed by atoms with Crippen LogP contribution in [0.3, 0.4) is 0 Å². The van der Waals surface area contributed by atoms with E-state index < -0.39 is 0 Å². The average molecular weight is 346 g/mol. The van der Waals surface area contributed by atoms with E-state index >= 15 is 0 Å². The van der Waals surface area contributed by atoms with E-state index in [9.17, 15) is 5.11 Å². The molecule has 0 heterocycles. The molecule has 3 nitrogen and oxygen atoms in total. The van der Waals surface area contributed by atoms with Crippen molar-refractivity contribution in [2.75, 3.05) is 26.1 Å². The second kappa shape index (κ2) is 9.60. The molecule has 1 unspecified atom stereocenters. The predicted molar refractivity (Wildman–Crippen MR) is 100 cm³/mol. The van der Waals surface area contributed by atoms with Gasteiger partial charge in [-0.05, 0) is 56.2 Å². The second-order valence-corrected chi connectivity index (χ2v) is 7.12. The van der Waals surface area contributed by atoms with Gasteiger partial charge >= 0.3 is 0 Å². The van der Waals surface area contributed by atoms with Crippen LogP contribution in [0.5, 0.6) is 11.5 Å². The number of hydrogen-bond acceptors (Lipinski definition) is 4. The van der Waals surface area contributed by atoms with Gasteiger partial charge in [0.15, 0.2) is 0 Å². The third kappa shape index (κ3) is 6.10. The van der Waals surface area contributed by atoms with Crippen molar-refractivity contribution in [2.24, 2.45) is 5.92 Å². The summed E-state index contributed by atoms with van der Waals surface area (Å²) in [4.78, 5) is 1.17. The normalized spacial score (nSPS) is 12.1. The van der Waals surface area contributed by atoms with E-state index in [1.165, 1.54) is 10.5 Å². The van der Waals surface area contributed by atoms with E-state index in [-0.39, 0.29) is 0 Å². The lowest BCUT2D eigenvalue weighted by Crippen LogP contribution is -2.16. The SMILES string of the molecule is COCCC(COc1ccc(C)cc1)CSc1ccc(O)c(C)c1. The van der Waals surface area contributed by atoms with Crippen LogP contribution >= 0.6 is 11.8 Å². The Labute approximate surface area is 149 Å². The first-order valence-corrected chi connectivity index (χ1v) is 9.18. The fraction of sp³-hybridized carbons (Fsp3) is 0.400. The van der Waals surface area contributed by atoms with Gasteiger partial charge in [0.25, 0.3) is 0 Å². The van der Waals surface area contributed by atoms with Crippen LogP contribution in [0.25, 0.3) is 0 Å². The molecule has 0 saturated heterocycles. The zero-order valence-electron chi connectivity index (χ0n) is 14.6. The smallest absolute Gasteiger partial charge is 0.119 e. The van der Waals surface area contributed by atoms with Crippen molar-refractivity contribution in [2.45, 2.75) is 25.2 Å². The van der Waals surface area contributed by atoms with Gasteiger partial charge in [-0.25, -0.2) is 0 Å². The molecule has 0 aliphatic carbocycles. The summed E-state index contributed by atoms with van der Waals surface area (Å²) in [6.45, 7) is 5.40. The number of aromatic hydroxyl groups is 1. The highest BCUT2D eigenvalue weighted by molar-refractivity contribution is 7.99. The molecule has 0 aromatic heterocycles. The number of ether oxygens (including phenoxy) is 2. The van der Waals surface area contributed by atoms with Gasteiger partial charge < -0.3 is 14.6 Å². The lowest BCUT2D eigenvalue weighted by Gasteiger charge is -2.17. The van der Waals surface area contributed by atoms with Gasteiger partial charge in [-0.2, -0.15) is 0 Å². The van der Waals surface area contributed by atoms with Crippen LogP contribution in [0.2, 0.25) is 0 Å². The van der Waals surface area contributed by atoms with E-state index in [2.05, 4.69) is 19.1 Å². The topological polar surface area (TPSA) is 38.7 Å². The standard InChI is InChI=1S/C20H26O3S/c1-15-4-6-18(7-5-15)23-13-17(10-11-22-3)14-24-19-8-9-20(21)16(2)12-19/h4-9,12,17,21H,10-11,13-14H2,1-3H3. The van der Waals surface area contributed by atoms with Crippen LogP contribution in [-0.2, 0) is 4.74 Å². The van der Waals surface area contributed by atoms with E-state index in [0.29, 0.717) is 18.3 Å². The third-order valence-corrected chi connectivity index (χ3v) is 5.12. The molecule has 0 saturated carbocycles. The molecule has 0 spiro atoms. The number of phenols is 1. The third-order valence-electron chi connectivity index (χ3n) is 3.89. The van der Waals surface area contributed by atoms with Gasteiger partial charge in [0, 0.05) is 30.3 Å². The van der Waals surface area contributed by atoms with Crippen LogP contribution in [0.1, 0.15) is 17.5 Å². The minimum absolute atomic E-state index is 0.345. The molecule has 1 atom stereocenters. The minimum Gasteiger partial charge on any atom is -0.508 e. The zero-order valence-corrected chi connectivity index (χ0v) is 15.4. The van der Waals surface area contributed by atoms with Crippen molar-refractivity contribution < 1.29 is 14.6 Å². The Hall–Kier alpha value is -1.65. The van der Waals surface area contributed by atoms with Crippen molar-refractivity contribution in [3.63, 3.8) is 0 Å². The van der Waals surface area contributed by atoms with Crippen molar-refractivity contribution >= 4 is 11.8 Å². The van der Waals surface area contributed by atoms with Crippen LogP contribution in [0.15, 0.2) is 47.4 Å². The molecular formula is C20H26O3S. The number of benzene rings is 2. The fourth-order valence-electron chi connectivity index (χ4n) is 2.28. The van der Waals surface area contributed by atoms with Gasteiger partial charge in [0.1, 0.15) is 11.5 Å². The maximum absolute atomic E-state index is 9.62. The molecule has 2 aromatic rings. The summed E-state index contributed by atoms with van der Waals surface area (Å²) in [6, 6.07) is 13.9. The average Bonchev–Trinajstić information content (AvgIpc) is 2.58. The predicted octanol–water partition coefficient (Wildman–Crippen LogP) is 4.83. The fourth-order valence-corrected chi connectivity index (χ4v) is 3.40. The number of methoxy groups -OCH3 is 1. The van der Waals surface area contributed by atoms with Crippen LogP contribution < -0.4 is 4.74 Å². The maximum Gasteiger partial charge on any atom is 0.119 e. The van der Waals surface area contributed by atoms with Crippen molar-refractivity contribution in [1.82, 2.24) is 0 Å². The molecule has 24 heavy (non-hydrogen) atoms. The summed E-state index contributed by atoms with van der Waals surface area (Å²) < 4.78 is 11.2. The molecule has 2 rings (SSSR count). The summed E-state index contributed by atoms with van der Waals surface area (Å²) >= 11 is 1.79. The minimum atomic E-state index is 0.345. The summed E-state index contributed by atoms with van der Waals surface area (Å²) in [7, 11) is 1.73. The lowest BCUT2D eigenvalue weighted by atomic mass is 10.1. The Morgan fingerprint density at radius 3 is 2.50 bits per heavy atom. The molecule has 0 amide bonds. The first-order chi connectivity index (χ1) is 11.6. The lowest BCUT2D eigenvalue weighted by molar-refractivity contribution is 0.162. The number of hydrogen-bond donors (Lipinski definition) is 1. The Morgan fingerprint density at radius 2 is 1.83 bits per heavy atom. The highest BCUT2D eigenvalue weighted by Crippen LogP contribution is 2.27. The molecule has 0 aliphatic rings. The number of rotatable bonds is 9. The summed E-state index contributed by atoms with van der Waals surface area (Å²) in [6.07, 6.45) is 0.965. The molecule has 1 N–H and O–H groups in total. The molecular weight excluding hydrogens is 320 g/mol. The Morgan fingerprint density at radius 1 is 1.08 bits per heavy atom. The highest BCUT2D eigenvalue weighted by atomic mass is 32.2. The van der Waals surface area contributed by atoms with Gasteiger partial charge in [0.05, 0.1) is 6.61 Å². The van der Waals surface area contributed by atoms with Crippen molar-refractivity contribution in [1.29, 1.82) is 0 Å². The summed E-state index contributed by atoms with van der Waals surface area (Å²) in [5, 5.41) is 9.62. The van der Waals surface area contributed by atoms with Crippen molar-refractivity contribution in [3.05, 3.63) is 53.6 Å². The molecule has 2 aromatic carbocycles. The first-order valence-electron chi connectivity index (χ1n) is 8.19. The summed E-state index contributed by atoms with van der Waals surface area (Å²) in [5.74, 6) is 2.62. The Kier molecular flexibility index (Phi) is 7.47. The van der Waals surface area contributed by atoms with E-state index in [0.717, 1.165) is 30.1 Å². The van der Waals surface area contributed by atoms with E-state index in [4.69, 9.17) is 9.47 Å². The second-order valence-electron chi connectivity index (χ2n) is 6.03. The van der Waals surface area contributed by atoms with Crippen LogP contribution in [0, 0.1) is 19.8 Å². The largest absolute Gasteiger partial charge is 0.508 e. The zero-order chi connectivity index (χ0) is 17.4. The van der Waals surface area contributed by atoms with E-state index in [1.54, 1.807) is 24.9 Å². The van der Waals surface area contributed by atoms with E-state index in [1.807, 2.05) is 31.2 Å². The van der Waals surface area contributed by atoms with Gasteiger partial charge in [-0.3, -0.25) is 0 Å². The van der Waals surface area contributed by atoms with Gasteiger partial charge in [-0.15, -0.1) is 11.8 Å². The molecule has 0 bridgehead atoms. The van der Waals surface area contributed by atoms with Crippen LogP contribution in [0.4, 0.5) is 0 Å². The molecule has 0 radical (unpaired) electrons. The Bertz CT molecular complexity index is 625. The van der Waals surface area contributed by atoms with Crippen LogP contribution in [-0.4, -0.2) is 31.2 Å². The number of aryl methyl sites for hydroxylation is 2. The Balaban J connectivity index is 1.89. The first kappa shape index (κ1) is 18.7. The molecule has 0 fully saturated rings. The maximum atomic E-state index is 9.62. The summed E-state index contributed by atoms with van der Waals surface area (Å²) in [5.41, 5.74) is 2.14. The highest BCUT2D eigenvalue weighted by Gasteiger charge is 2.11.